The number of nitrogens with one attached hydrogen (secondary N) is 1. The van der Waals surface area contributed by atoms with Crippen LogP contribution in [0.4, 0.5) is 13.9 Å². The highest BCUT2D eigenvalue weighted by Gasteiger charge is 2.16. The van der Waals surface area contributed by atoms with E-state index in [-0.39, 0.29) is 11.7 Å². The molecule has 0 radical (unpaired) electrons. The van der Waals surface area contributed by atoms with Crippen molar-refractivity contribution in [1.82, 2.24) is 19.7 Å². The van der Waals surface area contributed by atoms with Gasteiger partial charge in [-0.1, -0.05) is 11.8 Å². The van der Waals surface area contributed by atoms with Crippen molar-refractivity contribution in [2.24, 2.45) is 7.05 Å². The van der Waals surface area contributed by atoms with E-state index in [2.05, 4.69) is 20.5 Å². The van der Waals surface area contributed by atoms with Crippen molar-refractivity contribution in [1.29, 1.82) is 0 Å². The lowest BCUT2D eigenvalue weighted by Crippen LogP contribution is -2.14. The van der Waals surface area contributed by atoms with E-state index in [4.69, 9.17) is 4.42 Å². The molecule has 0 aliphatic heterocycles. The van der Waals surface area contributed by atoms with E-state index in [1.165, 1.54) is 29.2 Å². The van der Waals surface area contributed by atoms with Crippen LogP contribution in [-0.4, -0.2) is 31.4 Å². The minimum absolute atomic E-state index is 0.108. The molecule has 0 aliphatic rings. The largest absolute Gasteiger partial charge is 0.469 e. The predicted molar refractivity (Wildman–Crippen MR) is 110 cm³/mol. The number of aromatic nitrogens is 4. The number of hydrogen-bond donors (Lipinski definition) is 1. The van der Waals surface area contributed by atoms with E-state index >= 15 is 0 Å². The maximum absolute atomic E-state index is 13.4. The molecule has 1 aromatic carbocycles. The van der Waals surface area contributed by atoms with Crippen LogP contribution < -0.4 is 5.32 Å². The first-order valence-corrected chi connectivity index (χ1v) is 10.6. The van der Waals surface area contributed by atoms with E-state index in [1.54, 1.807) is 16.2 Å². The number of rotatable bonds is 6. The van der Waals surface area contributed by atoms with E-state index in [0.29, 0.717) is 27.4 Å². The molecule has 30 heavy (non-hydrogen) atoms. The molecular formula is C19H15F2N5O2S2. The van der Waals surface area contributed by atoms with Gasteiger partial charge in [-0.15, -0.1) is 21.5 Å². The zero-order valence-electron chi connectivity index (χ0n) is 15.8. The smallest absolute Gasteiger partial charge is 0.236 e. The molecule has 0 bridgehead atoms. The molecule has 7 nitrogen and oxygen atoms in total. The lowest BCUT2D eigenvalue weighted by molar-refractivity contribution is -0.113. The first-order chi connectivity index (χ1) is 14.4. The van der Waals surface area contributed by atoms with Crippen LogP contribution >= 0.6 is 23.1 Å². The first kappa shape index (κ1) is 20.2. The summed E-state index contributed by atoms with van der Waals surface area (Å²) in [5.74, 6) is -0.641. The fourth-order valence-corrected chi connectivity index (χ4v) is 4.14. The van der Waals surface area contributed by atoms with Crippen LogP contribution in [0.1, 0.15) is 5.76 Å². The minimum Gasteiger partial charge on any atom is -0.469 e. The highest BCUT2D eigenvalue weighted by molar-refractivity contribution is 7.99. The first-order valence-electron chi connectivity index (χ1n) is 8.70. The van der Waals surface area contributed by atoms with Gasteiger partial charge in [0.25, 0.3) is 0 Å². The lowest BCUT2D eigenvalue weighted by atomic mass is 10.2. The van der Waals surface area contributed by atoms with Gasteiger partial charge in [0.2, 0.25) is 5.91 Å². The summed E-state index contributed by atoms with van der Waals surface area (Å²) in [6, 6.07) is 5.36. The van der Waals surface area contributed by atoms with Gasteiger partial charge >= 0.3 is 0 Å². The Labute approximate surface area is 178 Å². The number of carbonyl (C=O) groups excluding carboxylic acids is 1. The number of furan rings is 1. The van der Waals surface area contributed by atoms with Crippen molar-refractivity contribution in [3.8, 4) is 22.6 Å². The molecule has 4 aromatic rings. The van der Waals surface area contributed by atoms with Crippen molar-refractivity contribution in [2.45, 2.75) is 12.1 Å². The zero-order valence-corrected chi connectivity index (χ0v) is 17.5. The summed E-state index contributed by atoms with van der Waals surface area (Å²) >= 11 is 2.44. The second kappa shape index (κ2) is 8.36. The highest BCUT2D eigenvalue weighted by atomic mass is 32.2. The molecule has 0 atom stereocenters. The van der Waals surface area contributed by atoms with Gasteiger partial charge in [0.05, 0.1) is 23.3 Å². The van der Waals surface area contributed by atoms with Crippen molar-refractivity contribution < 1.29 is 18.0 Å². The summed E-state index contributed by atoms with van der Waals surface area (Å²) in [6.07, 6.45) is 1.59. The Morgan fingerprint density at radius 1 is 1.27 bits per heavy atom. The van der Waals surface area contributed by atoms with Crippen LogP contribution in [0.25, 0.3) is 22.6 Å². The Bertz CT molecular complexity index is 1220. The van der Waals surface area contributed by atoms with Gasteiger partial charge in [0.1, 0.15) is 5.76 Å². The molecule has 0 spiro atoms. The number of amides is 1. The summed E-state index contributed by atoms with van der Waals surface area (Å²) in [5, 5.41) is 13.6. The topological polar surface area (TPSA) is 85.8 Å². The van der Waals surface area contributed by atoms with Gasteiger partial charge in [0.15, 0.2) is 27.7 Å². The third-order valence-corrected chi connectivity index (χ3v) is 6.01. The molecule has 0 saturated heterocycles. The van der Waals surface area contributed by atoms with Crippen molar-refractivity contribution >= 4 is 34.1 Å². The second-order valence-corrected chi connectivity index (χ2v) is 8.06. The molecule has 4 rings (SSSR count). The molecule has 0 fully saturated rings. The second-order valence-electron chi connectivity index (χ2n) is 6.26. The average molecular weight is 447 g/mol. The minimum atomic E-state index is -0.948. The summed E-state index contributed by atoms with van der Waals surface area (Å²) in [7, 11) is 1.82. The van der Waals surface area contributed by atoms with Crippen LogP contribution in [0.5, 0.6) is 0 Å². The van der Waals surface area contributed by atoms with E-state index in [0.717, 1.165) is 23.5 Å². The molecule has 154 valence electrons. The van der Waals surface area contributed by atoms with Crippen LogP contribution in [0.3, 0.4) is 0 Å². The lowest BCUT2D eigenvalue weighted by Gasteiger charge is -2.03. The van der Waals surface area contributed by atoms with E-state index in [1.807, 2.05) is 20.0 Å². The number of aryl methyl sites for hydroxylation is 1. The normalized spacial score (nSPS) is 11.1. The summed E-state index contributed by atoms with van der Waals surface area (Å²) in [6.45, 7) is 1.84. The number of halogens is 2. The van der Waals surface area contributed by atoms with E-state index in [9.17, 15) is 13.6 Å². The number of hydrogen-bond acceptors (Lipinski definition) is 7. The van der Waals surface area contributed by atoms with E-state index < -0.39 is 11.6 Å². The van der Waals surface area contributed by atoms with Gasteiger partial charge in [0, 0.05) is 18.0 Å². The molecular weight excluding hydrogens is 432 g/mol. The standard InChI is InChI=1S/C19H15F2N5O2S2/c1-10-12(5-6-28-10)17-24-25-19(26(17)2)30-9-16(27)23-18-22-15(8-29-18)11-3-4-13(20)14(21)7-11/h3-8H,9H2,1-2H3,(H,22,23,27). The van der Waals surface area contributed by atoms with Crippen LogP contribution in [0, 0.1) is 18.6 Å². The molecule has 0 aliphatic carbocycles. The monoisotopic (exact) mass is 447 g/mol. The highest BCUT2D eigenvalue weighted by Crippen LogP contribution is 2.28. The Morgan fingerprint density at radius 3 is 2.83 bits per heavy atom. The maximum atomic E-state index is 13.4. The van der Waals surface area contributed by atoms with Gasteiger partial charge in [-0.25, -0.2) is 13.8 Å². The van der Waals surface area contributed by atoms with Crippen LogP contribution in [0.2, 0.25) is 0 Å². The summed E-state index contributed by atoms with van der Waals surface area (Å²) < 4.78 is 33.6. The maximum Gasteiger partial charge on any atom is 0.236 e. The number of anilines is 1. The summed E-state index contributed by atoms with van der Waals surface area (Å²) in [4.78, 5) is 16.5. The molecule has 1 amide bonds. The van der Waals surface area contributed by atoms with Crippen LogP contribution in [0.15, 0.2) is 45.5 Å². The fourth-order valence-electron chi connectivity index (χ4n) is 2.70. The number of thioether (sulfide) groups is 1. The molecule has 1 N–H and O–H groups in total. The summed E-state index contributed by atoms with van der Waals surface area (Å²) in [5.41, 5.74) is 1.73. The SMILES string of the molecule is Cc1occc1-c1nnc(SCC(=O)Nc2nc(-c3ccc(F)c(F)c3)cs2)n1C. The van der Waals surface area contributed by atoms with Crippen LogP contribution in [-0.2, 0) is 11.8 Å². The van der Waals surface area contributed by atoms with Gasteiger partial charge in [-0.3, -0.25) is 4.79 Å². The number of nitrogens with zero attached hydrogens (tertiary/aromatic N) is 4. The van der Waals surface area contributed by atoms with Crippen molar-refractivity contribution in [3.63, 3.8) is 0 Å². The van der Waals surface area contributed by atoms with Crippen molar-refractivity contribution in [2.75, 3.05) is 11.1 Å². The Balaban J connectivity index is 1.38. The van der Waals surface area contributed by atoms with Gasteiger partial charge < -0.3 is 14.3 Å². The number of thiazole rings is 1. The number of carbonyl (C=O) groups is 1. The Kier molecular flexibility index (Phi) is 5.64. The third kappa shape index (κ3) is 4.12. The Morgan fingerprint density at radius 2 is 2.10 bits per heavy atom. The van der Waals surface area contributed by atoms with Gasteiger partial charge in [-0.2, -0.15) is 0 Å². The third-order valence-electron chi connectivity index (χ3n) is 4.23. The average Bonchev–Trinajstić information content (AvgIpc) is 3.43. The molecule has 0 unspecified atom stereocenters. The van der Waals surface area contributed by atoms with Gasteiger partial charge in [-0.05, 0) is 31.2 Å². The molecule has 3 heterocycles. The fraction of sp³-hybridized carbons (Fsp3) is 0.158. The molecule has 0 saturated carbocycles. The predicted octanol–water partition coefficient (Wildman–Crippen LogP) is 4.52. The number of benzene rings is 1. The zero-order chi connectivity index (χ0) is 21.3. The van der Waals surface area contributed by atoms with Crippen molar-refractivity contribution in [3.05, 3.63) is 53.3 Å². The molecule has 11 heteroatoms. The Hall–Kier alpha value is -3.05. The molecule has 3 aromatic heterocycles. The quantitative estimate of drug-likeness (QED) is 0.438.